The molecule has 1 aromatic carbocycles. The number of aliphatic hydroxyl groups excluding tert-OH is 1. The average Bonchev–Trinajstić information content (AvgIpc) is 2.58. The zero-order chi connectivity index (χ0) is 15.8. The fourth-order valence-corrected chi connectivity index (χ4v) is 2.80. The highest BCUT2D eigenvalue weighted by atomic mass is 32.2. The van der Waals surface area contributed by atoms with Gasteiger partial charge in [0, 0.05) is 12.7 Å². The molecule has 5 heteroatoms. The summed E-state index contributed by atoms with van der Waals surface area (Å²) in [6.45, 7) is 2.27. The summed E-state index contributed by atoms with van der Waals surface area (Å²) in [5.74, 6) is 0.714. The van der Waals surface area contributed by atoms with Gasteiger partial charge in [-0.3, -0.25) is 4.79 Å². The predicted molar refractivity (Wildman–Crippen MR) is 89.0 cm³/mol. The normalized spacial score (nSPS) is 11.9. The number of benzene rings is 1. The van der Waals surface area contributed by atoms with Crippen LogP contribution in [0.15, 0.2) is 53.7 Å². The fourth-order valence-electron chi connectivity index (χ4n) is 1.96. The van der Waals surface area contributed by atoms with Crippen LogP contribution in [-0.4, -0.2) is 28.3 Å². The summed E-state index contributed by atoms with van der Waals surface area (Å²) in [4.78, 5) is 16.6. The third kappa shape index (κ3) is 4.58. The van der Waals surface area contributed by atoms with Crippen LogP contribution in [0.2, 0.25) is 0 Å². The molecule has 1 atom stereocenters. The van der Waals surface area contributed by atoms with Crippen LogP contribution in [0.25, 0.3) is 0 Å². The quantitative estimate of drug-likeness (QED) is 0.771. The van der Waals surface area contributed by atoms with Crippen molar-refractivity contribution in [2.24, 2.45) is 0 Å². The molecule has 2 rings (SSSR count). The number of amides is 1. The molecule has 0 saturated heterocycles. The van der Waals surface area contributed by atoms with Crippen molar-refractivity contribution in [3.8, 4) is 0 Å². The van der Waals surface area contributed by atoms with Gasteiger partial charge in [0.05, 0.1) is 11.7 Å². The van der Waals surface area contributed by atoms with Crippen molar-refractivity contribution in [2.75, 3.05) is 12.3 Å². The fraction of sp³-hybridized carbons (Fsp3) is 0.294. The molecule has 0 saturated carbocycles. The molecule has 4 nitrogen and oxygen atoms in total. The lowest BCUT2D eigenvalue weighted by atomic mass is 10.1. The summed E-state index contributed by atoms with van der Waals surface area (Å²) in [5, 5.41) is 13.6. The highest BCUT2D eigenvalue weighted by Gasteiger charge is 2.14. The number of aliphatic hydroxyl groups is 1. The van der Waals surface area contributed by atoms with Crippen LogP contribution in [0, 0.1) is 0 Å². The topological polar surface area (TPSA) is 62.2 Å². The van der Waals surface area contributed by atoms with E-state index >= 15 is 0 Å². The zero-order valence-electron chi connectivity index (χ0n) is 12.5. The lowest BCUT2D eigenvalue weighted by molar-refractivity contribution is 0.0912. The first-order valence-corrected chi connectivity index (χ1v) is 8.30. The Hall–Kier alpha value is -1.85. The molecule has 22 heavy (non-hydrogen) atoms. The van der Waals surface area contributed by atoms with Crippen LogP contribution in [0.4, 0.5) is 0 Å². The molecule has 0 fully saturated rings. The van der Waals surface area contributed by atoms with Crippen molar-refractivity contribution >= 4 is 17.7 Å². The van der Waals surface area contributed by atoms with Gasteiger partial charge in [0.1, 0.15) is 5.03 Å². The lowest BCUT2D eigenvalue weighted by Gasteiger charge is -2.13. The summed E-state index contributed by atoms with van der Waals surface area (Å²) in [5.41, 5.74) is 1.34. The highest BCUT2D eigenvalue weighted by molar-refractivity contribution is 7.99. The number of aromatic nitrogens is 1. The molecule has 0 aliphatic rings. The van der Waals surface area contributed by atoms with E-state index in [4.69, 9.17) is 0 Å². The maximum absolute atomic E-state index is 12.3. The number of rotatable bonds is 7. The molecule has 1 unspecified atom stereocenters. The summed E-state index contributed by atoms with van der Waals surface area (Å²) < 4.78 is 0. The van der Waals surface area contributed by atoms with Crippen LogP contribution in [0.5, 0.6) is 0 Å². The summed E-state index contributed by atoms with van der Waals surface area (Å²) in [6, 6.07) is 12.8. The molecule has 2 N–H and O–H groups in total. The zero-order valence-corrected chi connectivity index (χ0v) is 13.3. The molecule has 116 valence electrons. The van der Waals surface area contributed by atoms with Gasteiger partial charge in [-0.25, -0.2) is 4.98 Å². The third-order valence-corrected chi connectivity index (χ3v) is 4.31. The predicted octanol–water partition coefficient (Wildman–Crippen LogP) is 3.05. The number of thioether (sulfide) groups is 1. The number of pyridine rings is 1. The van der Waals surface area contributed by atoms with Crippen molar-refractivity contribution in [3.63, 3.8) is 0 Å². The molecular weight excluding hydrogens is 296 g/mol. The van der Waals surface area contributed by atoms with Gasteiger partial charge in [0.25, 0.3) is 5.91 Å². The van der Waals surface area contributed by atoms with Crippen molar-refractivity contribution < 1.29 is 9.90 Å². The molecule has 1 heterocycles. The standard InChI is InChI=1S/C17H20N2O2S/c1-2-11-22-17-14(9-6-10-18-17)16(21)19-12-15(20)13-7-4-3-5-8-13/h3-10,15,20H,2,11-12H2,1H3,(H,19,21). The highest BCUT2D eigenvalue weighted by Crippen LogP contribution is 2.20. The Kier molecular flexibility index (Phi) is 6.43. The number of nitrogens with one attached hydrogen (secondary N) is 1. The number of hydrogen-bond acceptors (Lipinski definition) is 4. The monoisotopic (exact) mass is 316 g/mol. The van der Waals surface area contributed by atoms with E-state index in [0.29, 0.717) is 5.56 Å². The smallest absolute Gasteiger partial charge is 0.254 e. The minimum atomic E-state index is -0.714. The Labute approximate surface area is 135 Å². The van der Waals surface area contributed by atoms with Crippen LogP contribution in [0.1, 0.15) is 35.4 Å². The Morgan fingerprint density at radius 1 is 1.27 bits per heavy atom. The van der Waals surface area contributed by atoms with Gasteiger partial charge in [0.15, 0.2) is 0 Å². The van der Waals surface area contributed by atoms with Gasteiger partial charge in [-0.1, -0.05) is 37.3 Å². The first-order valence-electron chi connectivity index (χ1n) is 7.31. The van der Waals surface area contributed by atoms with Gasteiger partial charge >= 0.3 is 0 Å². The second kappa shape index (κ2) is 8.56. The second-order valence-electron chi connectivity index (χ2n) is 4.84. The van der Waals surface area contributed by atoms with Crippen molar-refractivity contribution in [2.45, 2.75) is 24.5 Å². The SMILES string of the molecule is CCCSc1ncccc1C(=O)NCC(O)c1ccccc1. The van der Waals surface area contributed by atoms with Gasteiger partial charge in [-0.2, -0.15) is 0 Å². The van der Waals surface area contributed by atoms with Crippen LogP contribution in [0.3, 0.4) is 0 Å². The molecule has 0 aliphatic heterocycles. The summed E-state index contributed by atoms with van der Waals surface area (Å²) in [7, 11) is 0. The summed E-state index contributed by atoms with van der Waals surface area (Å²) in [6.07, 6.45) is 2.00. The minimum Gasteiger partial charge on any atom is -0.387 e. The maximum Gasteiger partial charge on any atom is 0.254 e. The number of nitrogens with zero attached hydrogens (tertiary/aromatic N) is 1. The van der Waals surface area contributed by atoms with Gasteiger partial charge in [-0.05, 0) is 29.9 Å². The van der Waals surface area contributed by atoms with Crippen LogP contribution in [-0.2, 0) is 0 Å². The van der Waals surface area contributed by atoms with E-state index in [1.165, 1.54) is 0 Å². The van der Waals surface area contributed by atoms with Crippen molar-refractivity contribution in [3.05, 3.63) is 59.8 Å². The summed E-state index contributed by atoms with van der Waals surface area (Å²) >= 11 is 1.57. The molecule has 0 spiro atoms. The molecule has 0 aliphatic carbocycles. The molecule has 2 aromatic rings. The first-order chi connectivity index (χ1) is 10.7. The van der Waals surface area contributed by atoms with E-state index in [1.807, 2.05) is 30.3 Å². The minimum absolute atomic E-state index is 0.176. The van der Waals surface area contributed by atoms with Gasteiger partial charge in [0.2, 0.25) is 0 Å². The Bertz CT molecular complexity index is 605. The van der Waals surface area contributed by atoms with E-state index in [0.717, 1.165) is 22.8 Å². The molecular formula is C17H20N2O2S. The lowest BCUT2D eigenvalue weighted by Crippen LogP contribution is -2.29. The van der Waals surface area contributed by atoms with E-state index in [1.54, 1.807) is 30.1 Å². The van der Waals surface area contributed by atoms with Crippen LogP contribution >= 0.6 is 11.8 Å². The number of hydrogen-bond donors (Lipinski definition) is 2. The largest absolute Gasteiger partial charge is 0.387 e. The van der Waals surface area contributed by atoms with Crippen LogP contribution < -0.4 is 5.32 Å². The number of carbonyl (C=O) groups is 1. The molecule has 0 radical (unpaired) electrons. The second-order valence-corrected chi connectivity index (χ2v) is 5.92. The van der Waals surface area contributed by atoms with E-state index < -0.39 is 6.10 Å². The van der Waals surface area contributed by atoms with E-state index in [-0.39, 0.29) is 12.5 Å². The van der Waals surface area contributed by atoms with E-state index in [2.05, 4.69) is 17.2 Å². The third-order valence-electron chi connectivity index (χ3n) is 3.10. The molecule has 1 amide bonds. The Morgan fingerprint density at radius 2 is 2.05 bits per heavy atom. The van der Waals surface area contributed by atoms with Crippen molar-refractivity contribution in [1.29, 1.82) is 0 Å². The van der Waals surface area contributed by atoms with Gasteiger partial charge in [-0.15, -0.1) is 11.8 Å². The molecule has 0 bridgehead atoms. The van der Waals surface area contributed by atoms with Crippen molar-refractivity contribution in [1.82, 2.24) is 10.3 Å². The molecule has 1 aromatic heterocycles. The Morgan fingerprint density at radius 3 is 2.77 bits per heavy atom. The number of carbonyl (C=O) groups excluding carboxylic acids is 1. The van der Waals surface area contributed by atoms with E-state index in [9.17, 15) is 9.90 Å². The van der Waals surface area contributed by atoms with Gasteiger partial charge < -0.3 is 10.4 Å². The Balaban J connectivity index is 1.98. The first kappa shape index (κ1) is 16.5. The average molecular weight is 316 g/mol. The maximum atomic E-state index is 12.3.